The largest absolute Gasteiger partial charge is 0.271 e. The van der Waals surface area contributed by atoms with Gasteiger partial charge < -0.3 is 0 Å². The van der Waals surface area contributed by atoms with E-state index < -0.39 is 0 Å². The summed E-state index contributed by atoms with van der Waals surface area (Å²) in [6, 6.07) is 12.7. The quantitative estimate of drug-likeness (QED) is 0.643. The van der Waals surface area contributed by atoms with E-state index in [0.717, 1.165) is 12.0 Å². The van der Waals surface area contributed by atoms with Crippen molar-refractivity contribution in [2.24, 2.45) is 5.10 Å². The number of halogens is 2. The zero-order chi connectivity index (χ0) is 15.9. The van der Waals surface area contributed by atoms with Crippen molar-refractivity contribution in [1.82, 2.24) is 5.43 Å². The summed E-state index contributed by atoms with van der Waals surface area (Å²) >= 11 is 5.86. The molecule has 0 unspecified atom stereocenters. The lowest BCUT2D eigenvalue weighted by Gasteiger charge is -2.07. The molecule has 114 valence electrons. The first kappa shape index (κ1) is 16.2. The predicted octanol–water partition coefficient (Wildman–Crippen LogP) is 4.41. The van der Waals surface area contributed by atoms with E-state index >= 15 is 0 Å². The molecule has 5 heteroatoms. The molecule has 0 aromatic heterocycles. The zero-order valence-corrected chi connectivity index (χ0v) is 12.9. The number of nitrogens with zero attached hydrogens (tertiary/aromatic N) is 1. The van der Waals surface area contributed by atoms with Gasteiger partial charge in [0.2, 0.25) is 0 Å². The number of amides is 1. The lowest BCUT2D eigenvalue weighted by atomic mass is 10.1. The third-order valence-electron chi connectivity index (χ3n) is 3.04. The van der Waals surface area contributed by atoms with Crippen LogP contribution in [0.15, 0.2) is 53.6 Å². The second-order valence-electron chi connectivity index (χ2n) is 4.77. The Morgan fingerprint density at radius 1 is 1.18 bits per heavy atom. The fourth-order valence-electron chi connectivity index (χ4n) is 1.96. The van der Waals surface area contributed by atoms with Crippen molar-refractivity contribution >= 4 is 23.2 Å². The van der Waals surface area contributed by atoms with Gasteiger partial charge in [-0.2, -0.15) is 5.10 Å². The molecule has 0 radical (unpaired) electrons. The van der Waals surface area contributed by atoms with E-state index in [1.54, 1.807) is 36.4 Å². The molecule has 0 bridgehead atoms. The van der Waals surface area contributed by atoms with Crippen LogP contribution in [0.5, 0.6) is 0 Å². The minimum Gasteiger partial charge on any atom is -0.267 e. The maximum absolute atomic E-state index is 13.0. The molecule has 2 aromatic rings. The summed E-state index contributed by atoms with van der Waals surface area (Å²) in [6.07, 6.45) is 1.55. The highest BCUT2D eigenvalue weighted by atomic mass is 35.5. The molecular weight excluding hydrogens is 303 g/mol. The van der Waals surface area contributed by atoms with Crippen molar-refractivity contribution in [2.45, 2.75) is 19.8 Å². The van der Waals surface area contributed by atoms with Crippen molar-refractivity contribution in [3.63, 3.8) is 0 Å². The van der Waals surface area contributed by atoms with Crippen LogP contribution in [0, 0.1) is 5.82 Å². The maximum atomic E-state index is 13.0. The molecule has 0 heterocycles. The minimum absolute atomic E-state index is 0.303. The van der Waals surface area contributed by atoms with Crippen molar-refractivity contribution in [3.8, 4) is 0 Å². The van der Waals surface area contributed by atoms with Crippen LogP contribution < -0.4 is 5.43 Å². The van der Waals surface area contributed by atoms with Gasteiger partial charge in [0.05, 0.1) is 5.71 Å². The lowest BCUT2D eigenvalue weighted by Crippen LogP contribution is -2.20. The van der Waals surface area contributed by atoms with E-state index in [0.29, 0.717) is 22.7 Å². The molecular formula is C17H16ClFN2O. The molecule has 0 spiro atoms. The SMILES string of the molecule is CCC/C(=N\NC(=O)c1cccc(Cl)c1)c1ccc(F)cc1. The van der Waals surface area contributed by atoms with Gasteiger partial charge in [0, 0.05) is 10.6 Å². The number of carbonyl (C=O) groups is 1. The summed E-state index contributed by atoms with van der Waals surface area (Å²) in [7, 11) is 0. The van der Waals surface area contributed by atoms with Gasteiger partial charge in [-0.25, -0.2) is 9.82 Å². The molecule has 1 amide bonds. The standard InChI is InChI=1S/C17H16ClFN2O/c1-2-4-16(12-7-9-15(19)10-8-12)20-21-17(22)13-5-3-6-14(18)11-13/h3,5-11H,2,4H2,1H3,(H,21,22)/b20-16+. The molecule has 0 saturated heterocycles. The van der Waals surface area contributed by atoms with Crippen LogP contribution in [0.2, 0.25) is 5.02 Å². The van der Waals surface area contributed by atoms with Crippen molar-refractivity contribution < 1.29 is 9.18 Å². The number of benzene rings is 2. The van der Waals surface area contributed by atoms with E-state index in [1.807, 2.05) is 6.92 Å². The number of hydrogen-bond donors (Lipinski definition) is 1. The Kier molecular flexibility index (Phi) is 5.67. The summed E-state index contributed by atoms with van der Waals surface area (Å²) < 4.78 is 13.0. The minimum atomic E-state index is -0.335. The van der Waals surface area contributed by atoms with Gasteiger partial charge in [0.25, 0.3) is 5.91 Å². The van der Waals surface area contributed by atoms with E-state index in [2.05, 4.69) is 10.5 Å². The van der Waals surface area contributed by atoms with Crippen LogP contribution in [-0.4, -0.2) is 11.6 Å². The Morgan fingerprint density at radius 3 is 2.55 bits per heavy atom. The second kappa shape index (κ2) is 7.71. The van der Waals surface area contributed by atoms with Crippen LogP contribution in [0.25, 0.3) is 0 Å². The predicted molar refractivity (Wildman–Crippen MR) is 86.8 cm³/mol. The molecule has 0 fully saturated rings. The van der Waals surface area contributed by atoms with Gasteiger partial charge in [0.1, 0.15) is 5.82 Å². The third-order valence-corrected chi connectivity index (χ3v) is 3.28. The van der Waals surface area contributed by atoms with E-state index in [-0.39, 0.29) is 11.7 Å². The zero-order valence-electron chi connectivity index (χ0n) is 12.1. The van der Waals surface area contributed by atoms with Crippen molar-refractivity contribution in [3.05, 3.63) is 70.5 Å². The molecule has 0 saturated carbocycles. The monoisotopic (exact) mass is 318 g/mol. The molecule has 0 aliphatic rings. The van der Waals surface area contributed by atoms with E-state index in [9.17, 15) is 9.18 Å². The van der Waals surface area contributed by atoms with Crippen LogP contribution in [0.1, 0.15) is 35.7 Å². The molecule has 3 nitrogen and oxygen atoms in total. The summed E-state index contributed by atoms with van der Waals surface area (Å²) in [5, 5.41) is 4.66. The Balaban J connectivity index is 2.16. The first-order valence-corrected chi connectivity index (χ1v) is 7.36. The average Bonchev–Trinajstić information content (AvgIpc) is 2.52. The smallest absolute Gasteiger partial charge is 0.267 e. The highest BCUT2D eigenvalue weighted by molar-refractivity contribution is 6.30. The van der Waals surface area contributed by atoms with Crippen molar-refractivity contribution in [1.29, 1.82) is 0 Å². The lowest BCUT2D eigenvalue weighted by molar-refractivity contribution is 0.0955. The summed E-state index contributed by atoms with van der Waals surface area (Å²) in [5.41, 5.74) is 4.45. The molecule has 0 atom stereocenters. The van der Waals surface area contributed by atoms with Gasteiger partial charge >= 0.3 is 0 Å². The van der Waals surface area contributed by atoms with Crippen LogP contribution >= 0.6 is 11.6 Å². The number of nitrogens with one attached hydrogen (secondary N) is 1. The van der Waals surface area contributed by atoms with Gasteiger partial charge in [-0.05, 0) is 42.3 Å². The summed E-state index contributed by atoms with van der Waals surface area (Å²) in [6.45, 7) is 2.01. The third kappa shape index (κ3) is 4.40. The first-order chi connectivity index (χ1) is 10.6. The molecule has 1 N–H and O–H groups in total. The van der Waals surface area contributed by atoms with Gasteiger partial charge in [-0.1, -0.05) is 43.1 Å². The normalized spacial score (nSPS) is 11.3. The number of carbonyl (C=O) groups excluding carboxylic acids is 1. The molecule has 0 aliphatic carbocycles. The average molecular weight is 319 g/mol. The second-order valence-corrected chi connectivity index (χ2v) is 5.20. The molecule has 0 aliphatic heterocycles. The molecule has 2 rings (SSSR count). The van der Waals surface area contributed by atoms with Gasteiger partial charge in [-0.3, -0.25) is 4.79 Å². The maximum Gasteiger partial charge on any atom is 0.271 e. The molecule has 22 heavy (non-hydrogen) atoms. The highest BCUT2D eigenvalue weighted by Gasteiger charge is 2.07. The Bertz CT molecular complexity index is 683. The molecule has 2 aromatic carbocycles. The van der Waals surface area contributed by atoms with Gasteiger partial charge in [-0.15, -0.1) is 0 Å². The fraction of sp³-hybridized carbons (Fsp3) is 0.176. The van der Waals surface area contributed by atoms with E-state index in [1.165, 1.54) is 12.1 Å². The number of hydrazone groups is 1. The fourth-order valence-corrected chi connectivity index (χ4v) is 2.15. The first-order valence-electron chi connectivity index (χ1n) is 6.98. The Labute approximate surface area is 133 Å². The van der Waals surface area contributed by atoms with Gasteiger partial charge in [0.15, 0.2) is 0 Å². The van der Waals surface area contributed by atoms with Crippen LogP contribution in [0.3, 0.4) is 0 Å². The number of rotatable bonds is 5. The highest BCUT2D eigenvalue weighted by Crippen LogP contribution is 2.11. The van der Waals surface area contributed by atoms with E-state index in [4.69, 9.17) is 11.6 Å². The number of hydrogen-bond acceptors (Lipinski definition) is 2. The van der Waals surface area contributed by atoms with Crippen molar-refractivity contribution in [2.75, 3.05) is 0 Å². The Hall–Kier alpha value is -2.20. The Morgan fingerprint density at radius 2 is 1.91 bits per heavy atom. The topological polar surface area (TPSA) is 41.5 Å². The summed E-state index contributed by atoms with van der Waals surface area (Å²) in [5.74, 6) is -0.638. The van der Waals surface area contributed by atoms with Crippen LogP contribution in [0.4, 0.5) is 4.39 Å². The summed E-state index contributed by atoms with van der Waals surface area (Å²) in [4.78, 5) is 12.1. The van der Waals surface area contributed by atoms with Crippen LogP contribution in [-0.2, 0) is 0 Å².